The Bertz CT molecular complexity index is 772. The number of carbonyl (C=O) groups is 1. The quantitative estimate of drug-likeness (QED) is 0.706. The summed E-state index contributed by atoms with van der Waals surface area (Å²) in [5.74, 6) is 1.39. The monoisotopic (exact) mass is 381 g/mol. The van der Waals surface area contributed by atoms with Crippen LogP contribution in [-0.2, 0) is 11.2 Å². The molecule has 4 nitrogen and oxygen atoms in total. The van der Waals surface area contributed by atoms with Gasteiger partial charge in [-0.15, -0.1) is 21.5 Å². The van der Waals surface area contributed by atoms with Crippen LogP contribution < -0.4 is 0 Å². The summed E-state index contributed by atoms with van der Waals surface area (Å²) in [6.45, 7) is 1.61. The minimum absolute atomic E-state index is 0.108. The highest BCUT2D eigenvalue weighted by Gasteiger charge is 2.26. The molecule has 0 spiro atoms. The van der Waals surface area contributed by atoms with Crippen LogP contribution in [0, 0.1) is 5.92 Å². The molecular formula is C22H27N3OS. The first-order chi connectivity index (χ1) is 13.3. The van der Waals surface area contributed by atoms with E-state index in [9.17, 15) is 4.79 Å². The van der Waals surface area contributed by atoms with Crippen LogP contribution in [0.2, 0.25) is 0 Å². The maximum Gasteiger partial charge on any atom is 0.246 e. The number of hydrogen-bond donors (Lipinski definition) is 0. The fourth-order valence-corrected chi connectivity index (χ4v) is 5.29. The molecule has 2 aliphatic rings. The summed E-state index contributed by atoms with van der Waals surface area (Å²) in [6.07, 6.45) is 12.1. The van der Waals surface area contributed by atoms with Crippen LogP contribution in [-0.4, -0.2) is 34.1 Å². The second kappa shape index (κ2) is 8.79. The number of nitrogens with zero attached hydrogens (tertiary/aromatic N) is 3. The maximum absolute atomic E-state index is 12.4. The lowest BCUT2D eigenvalue weighted by Crippen LogP contribution is -2.36. The van der Waals surface area contributed by atoms with Crippen molar-refractivity contribution in [1.82, 2.24) is 15.1 Å². The van der Waals surface area contributed by atoms with Crippen LogP contribution in [0.3, 0.4) is 0 Å². The predicted molar refractivity (Wildman–Crippen MR) is 110 cm³/mol. The average Bonchev–Trinajstić information content (AvgIpc) is 3.40. The van der Waals surface area contributed by atoms with Crippen LogP contribution in [0.15, 0.2) is 36.4 Å². The van der Waals surface area contributed by atoms with E-state index in [2.05, 4.69) is 10.2 Å². The number of hydrogen-bond acceptors (Lipinski definition) is 4. The van der Waals surface area contributed by atoms with Crippen LogP contribution in [0.4, 0.5) is 0 Å². The third-order valence-corrected chi connectivity index (χ3v) is 6.90. The molecule has 27 heavy (non-hydrogen) atoms. The van der Waals surface area contributed by atoms with E-state index in [-0.39, 0.29) is 5.91 Å². The van der Waals surface area contributed by atoms with E-state index in [1.54, 1.807) is 17.4 Å². The number of amides is 1. The van der Waals surface area contributed by atoms with Gasteiger partial charge in [0.15, 0.2) is 0 Å². The molecule has 0 atom stereocenters. The van der Waals surface area contributed by atoms with Gasteiger partial charge < -0.3 is 4.90 Å². The van der Waals surface area contributed by atoms with Crippen LogP contribution >= 0.6 is 11.3 Å². The van der Waals surface area contributed by atoms with Crippen LogP contribution in [0.1, 0.15) is 60.0 Å². The Kier molecular flexibility index (Phi) is 5.97. The van der Waals surface area contributed by atoms with Gasteiger partial charge in [-0.25, -0.2) is 0 Å². The molecule has 2 aromatic rings. The second-order valence-electron chi connectivity index (χ2n) is 7.73. The third kappa shape index (κ3) is 4.83. The van der Waals surface area contributed by atoms with Crippen molar-refractivity contribution in [1.29, 1.82) is 0 Å². The van der Waals surface area contributed by atoms with E-state index in [0.717, 1.165) is 43.8 Å². The van der Waals surface area contributed by atoms with E-state index >= 15 is 0 Å². The summed E-state index contributed by atoms with van der Waals surface area (Å²) in [6, 6.07) is 9.97. The van der Waals surface area contributed by atoms with Crippen LogP contribution in [0.25, 0.3) is 6.08 Å². The van der Waals surface area contributed by atoms with Gasteiger partial charge in [0.1, 0.15) is 10.0 Å². The summed E-state index contributed by atoms with van der Waals surface area (Å²) in [4.78, 5) is 14.4. The molecule has 1 aromatic carbocycles. The summed E-state index contributed by atoms with van der Waals surface area (Å²) in [5, 5.41) is 11.3. The highest BCUT2D eigenvalue weighted by molar-refractivity contribution is 7.11. The van der Waals surface area contributed by atoms with Crippen molar-refractivity contribution in [3.8, 4) is 0 Å². The van der Waals surface area contributed by atoms with E-state index in [1.807, 2.05) is 41.3 Å². The summed E-state index contributed by atoms with van der Waals surface area (Å²) in [7, 11) is 0. The molecular weight excluding hydrogens is 354 g/mol. The van der Waals surface area contributed by atoms with Gasteiger partial charge in [0.25, 0.3) is 0 Å². The van der Waals surface area contributed by atoms with Crippen molar-refractivity contribution in [2.45, 2.75) is 50.9 Å². The smallest absolute Gasteiger partial charge is 0.246 e. The second-order valence-corrected chi connectivity index (χ2v) is 8.83. The van der Waals surface area contributed by atoms with Crippen molar-refractivity contribution >= 4 is 23.3 Å². The van der Waals surface area contributed by atoms with Gasteiger partial charge in [0.05, 0.1) is 0 Å². The van der Waals surface area contributed by atoms with Gasteiger partial charge >= 0.3 is 0 Å². The highest BCUT2D eigenvalue weighted by atomic mass is 32.1. The lowest BCUT2D eigenvalue weighted by atomic mass is 9.97. The Balaban J connectivity index is 1.28. The first kappa shape index (κ1) is 18.4. The van der Waals surface area contributed by atoms with Gasteiger partial charge in [0.2, 0.25) is 5.91 Å². The number of likely N-dealkylation sites (tertiary alicyclic amines) is 1. The van der Waals surface area contributed by atoms with Crippen molar-refractivity contribution in [2.24, 2.45) is 5.92 Å². The lowest BCUT2D eigenvalue weighted by molar-refractivity contribution is -0.126. The number of carbonyl (C=O) groups excluding carboxylic acids is 1. The summed E-state index contributed by atoms with van der Waals surface area (Å²) >= 11 is 1.80. The molecule has 2 heterocycles. The fraction of sp³-hybridized carbons (Fsp3) is 0.500. The Morgan fingerprint density at radius 3 is 2.56 bits per heavy atom. The molecule has 4 rings (SSSR count). The normalized spacial score (nSPS) is 19.2. The fourth-order valence-electron chi connectivity index (χ4n) is 4.16. The zero-order valence-corrected chi connectivity index (χ0v) is 16.5. The topological polar surface area (TPSA) is 46.1 Å². The number of aromatic nitrogens is 2. The number of piperidine rings is 1. The summed E-state index contributed by atoms with van der Waals surface area (Å²) < 4.78 is 0. The molecule has 142 valence electrons. The predicted octanol–water partition coefficient (Wildman–Crippen LogP) is 4.69. The molecule has 1 amide bonds. The van der Waals surface area contributed by atoms with E-state index < -0.39 is 0 Å². The third-order valence-electron chi connectivity index (χ3n) is 5.79. The zero-order valence-electron chi connectivity index (χ0n) is 15.7. The molecule has 0 N–H and O–H groups in total. The standard InChI is InChI=1S/C22H27N3OS/c26-21(11-10-17-6-2-1-3-7-17)25-14-12-19(13-15-25)22-24-23-20(27-22)16-18-8-4-5-9-18/h1-3,6-7,10-11,18-19H,4-5,8-9,12-16H2/b11-10-. The van der Waals surface area contributed by atoms with E-state index in [0.29, 0.717) is 5.92 Å². The van der Waals surface area contributed by atoms with Crippen molar-refractivity contribution < 1.29 is 4.79 Å². The Morgan fingerprint density at radius 1 is 1.07 bits per heavy atom. The van der Waals surface area contributed by atoms with Gasteiger partial charge in [-0.3, -0.25) is 4.79 Å². The lowest BCUT2D eigenvalue weighted by Gasteiger charge is -2.30. The Morgan fingerprint density at radius 2 is 1.81 bits per heavy atom. The molecule has 1 saturated heterocycles. The minimum Gasteiger partial charge on any atom is -0.339 e. The van der Waals surface area contributed by atoms with E-state index in [1.165, 1.54) is 35.7 Å². The molecule has 0 bridgehead atoms. The maximum atomic E-state index is 12.4. The van der Waals surface area contributed by atoms with Gasteiger partial charge in [-0.05, 0) is 30.4 Å². The average molecular weight is 382 g/mol. The molecule has 1 aliphatic heterocycles. The molecule has 1 aromatic heterocycles. The molecule has 1 saturated carbocycles. The Hall–Kier alpha value is -2.01. The molecule has 1 aliphatic carbocycles. The minimum atomic E-state index is 0.108. The van der Waals surface area contributed by atoms with Crippen molar-refractivity contribution in [2.75, 3.05) is 13.1 Å². The number of rotatable bonds is 5. The Labute approximate surface area is 165 Å². The van der Waals surface area contributed by atoms with E-state index in [4.69, 9.17) is 0 Å². The zero-order chi connectivity index (χ0) is 18.5. The molecule has 0 unspecified atom stereocenters. The van der Waals surface area contributed by atoms with Gasteiger partial charge in [0, 0.05) is 31.5 Å². The van der Waals surface area contributed by atoms with Crippen molar-refractivity contribution in [3.63, 3.8) is 0 Å². The first-order valence-corrected chi connectivity index (χ1v) is 10.9. The molecule has 5 heteroatoms. The first-order valence-electron chi connectivity index (χ1n) is 10.1. The SMILES string of the molecule is O=C(/C=C\c1ccccc1)N1CCC(c2nnc(CC3CCCC3)s2)CC1. The molecule has 0 radical (unpaired) electrons. The van der Waals surface area contributed by atoms with Gasteiger partial charge in [-0.2, -0.15) is 0 Å². The van der Waals surface area contributed by atoms with Crippen molar-refractivity contribution in [3.05, 3.63) is 52.0 Å². The van der Waals surface area contributed by atoms with Gasteiger partial charge in [-0.1, -0.05) is 56.0 Å². The van der Waals surface area contributed by atoms with Crippen LogP contribution in [0.5, 0.6) is 0 Å². The summed E-state index contributed by atoms with van der Waals surface area (Å²) in [5.41, 5.74) is 1.06. The number of benzene rings is 1. The largest absolute Gasteiger partial charge is 0.339 e. The highest BCUT2D eigenvalue weighted by Crippen LogP contribution is 2.33. The molecule has 2 fully saturated rings.